The maximum absolute atomic E-state index is 12.1. The molecule has 4 heteroatoms. The third-order valence-corrected chi connectivity index (χ3v) is 3.14. The van der Waals surface area contributed by atoms with E-state index in [2.05, 4.69) is 13.8 Å². The zero-order valence-electron chi connectivity index (χ0n) is 15.8. The quantitative estimate of drug-likeness (QED) is 0.684. The van der Waals surface area contributed by atoms with Gasteiger partial charge < -0.3 is 9.47 Å². The molecule has 0 saturated carbocycles. The van der Waals surface area contributed by atoms with E-state index in [9.17, 15) is 9.59 Å². The van der Waals surface area contributed by atoms with Crippen LogP contribution in [-0.2, 0) is 19.1 Å². The summed E-state index contributed by atoms with van der Waals surface area (Å²) in [6, 6.07) is 0. The largest absolute Gasteiger partial charge is 0.462 e. The minimum atomic E-state index is -0.527. The lowest BCUT2D eigenvalue weighted by Gasteiger charge is -2.27. The highest BCUT2D eigenvalue weighted by Crippen LogP contribution is 2.23. The summed E-state index contributed by atoms with van der Waals surface area (Å²) in [5.74, 6) is -0.0405. The normalized spacial score (nSPS) is 15.4. The summed E-state index contributed by atoms with van der Waals surface area (Å²) < 4.78 is 11.1. The molecule has 2 atom stereocenters. The Hall–Kier alpha value is -1.06. The number of carbonyl (C=O) groups is 2. The van der Waals surface area contributed by atoms with Crippen molar-refractivity contribution < 1.29 is 19.1 Å². The lowest BCUT2D eigenvalue weighted by Crippen LogP contribution is -2.33. The molecule has 4 nitrogen and oxygen atoms in total. The average molecular weight is 314 g/mol. The lowest BCUT2D eigenvalue weighted by molar-refractivity contribution is -0.165. The zero-order valence-corrected chi connectivity index (χ0v) is 15.8. The Bertz CT molecular complexity index is 372. The molecule has 0 aliphatic heterocycles. The van der Waals surface area contributed by atoms with E-state index in [-0.39, 0.29) is 24.1 Å². The zero-order chi connectivity index (χ0) is 17.7. The van der Waals surface area contributed by atoms with Crippen molar-refractivity contribution in [3.05, 3.63) is 0 Å². The van der Waals surface area contributed by atoms with E-state index in [0.29, 0.717) is 12.3 Å². The van der Waals surface area contributed by atoms with E-state index in [4.69, 9.17) is 9.47 Å². The molecule has 0 aromatic carbocycles. The van der Waals surface area contributed by atoms with Gasteiger partial charge in [-0.1, -0.05) is 13.8 Å². The van der Waals surface area contributed by atoms with Gasteiger partial charge in [0.15, 0.2) is 0 Å². The first-order valence-electron chi connectivity index (χ1n) is 8.15. The van der Waals surface area contributed by atoms with Crippen LogP contribution in [0.15, 0.2) is 0 Å². The van der Waals surface area contributed by atoms with E-state index < -0.39 is 10.8 Å². The van der Waals surface area contributed by atoms with E-state index in [1.54, 1.807) is 0 Å². The molecule has 2 unspecified atom stereocenters. The Labute approximate surface area is 135 Å². The molecule has 0 aromatic heterocycles. The molecular formula is C18H34O4. The number of carbonyl (C=O) groups excluding carboxylic acids is 2. The van der Waals surface area contributed by atoms with Crippen LogP contribution in [0, 0.1) is 16.7 Å². The Morgan fingerprint density at radius 1 is 0.773 bits per heavy atom. The van der Waals surface area contributed by atoms with Crippen LogP contribution in [0.5, 0.6) is 0 Å². The van der Waals surface area contributed by atoms with Gasteiger partial charge in [0.1, 0.15) is 12.2 Å². The molecule has 0 heterocycles. The summed E-state index contributed by atoms with van der Waals surface area (Å²) in [5.41, 5.74) is -1.05. The molecule has 0 rings (SSSR count). The van der Waals surface area contributed by atoms with E-state index in [0.717, 1.165) is 6.42 Å². The van der Waals surface area contributed by atoms with Crippen molar-refractivity contribution in [2.75, 3.05) is 0 Å². The molecule has 0 saturated heterocycles. The van der Waals surface area contributed by atoms with Crippen LogP contribution in [-0.4, -0.2) is 24.1 Å². The molecule has 0 radical (unpaired) electrons. The van der Waals surface area contributed by atoms with Gasteiger partial charge in [0.25, 0.3) is 0 Å². The highest BCUT2D eigenvalue weighted by molar-refractivity contribution is 5.76. The SMILES string of the molecule is CC(C)CC(CC(C)OC(=O)C(C)(C)C)OC(=O)C(C)(C)C. The second kappa shape index (κ2) is 7.98. The van der Waals surface area contributed by atoms with Crippen LogP contribution in [0.4, 0.5) is 0 Å². The number of rotatable bonds is 6. The molecule has 22 heavy (non-hydrogen) atoms. The minimum absolute atomic E-state index is 0.215. The summed E-state index contributed by atoms with van der Waals surface area (Å²) >= 11 is 0. The smallest absolute Gasteiger partial charge is 0.311 e. The van der Waals surface area contributed by atoms with Gasteiger partial charge in [-0.05, 0) is 60.8 Å². The van der Waals surface area contributed by atoms with Gasteiger partial charge in [-0.3, -0.25) is 9.59 Å². The van der Waals surface area contributed by atoms with Crippen molar-refractivity contribution in [1.82, 2.24) is 0 Å². The maximum Gasteiger partial charge on any atom is 0.311 e. The summed E-state index contributed by atoms with van der Waals surface area (Å²) in [5, 5.41) is 0. The third kappa shape index (κ3) is 8.40. The van der Waals surface area contributed by atoms with Gasteiger partial charge in [-0.2, -0.15) is 0 Å². The van der Waals surface area contributed by atoms with Crippen LogP contribution in [0.25, 0.3) is 0 Å². The third-order valence-electron chi connectivity index (χ3n) is 3.14. The fraction of sp³-hybridized carbons (Fsp3) is 0.889. The van der Waals surface area contributed by atoms with Crippen LogP contribution < -0.4 is 0 Å². The van der Waals surface area contributed by atoms with Crippen LogP contribution in [0.1, 0.15) is 75.2 Å². The predicted molar refractivity (Wildman–Crippen MR) is 88.4 cm³/mol. The summed E-state index contributed by atoms with van der Waals surface area (Å²) in [7, 11) is 0. The second-order valence-electron chi connectivity index (χ2n) is 8.61. The molecule has 0 N–H and O–H groups in total. The highest BCUT2D eigenvalue weighted by Gasteiger charge is 2.30. The van der Waals surface area contributed by atoms with E-state index in [1.165, 1.54) is 0 Å². The van der Waals surface area contributed by atoms with Gasteiger partial charge in [0.2, 0.25) is 0 Å². The molecule has 0 fully saturated rings. The standard InChI is InChI=1S/C18H34O4/c1-12(2)10-14(22-16(20)18(7,8)9)11-13(3)21-15(19)17(4,5)6/h12-14H,10-11H2,1-9H3. The van der Waals surface area contributed by atoms with Crippen molar-refractivity contribution in [3.8, 4) is 0 Å². The van der Waals surface area contributed by atoms with Crippen molar-refractivity contribution in [1.29, 1.82) is 0 Å². The summed E-state index contributed by atoms with van der Waals surface area (Å²) in [6.07, 6.45) is 0.791. The van der Waals surface area contributed by atoms with Crippen LogP contribution in [0.2, 0.25) is 0 Å². The topological polar surface area (TPSA) is 52.6 Å². The molecule has 0 aromatic rings. The van der Waals surface area contributed by atoms with E-state index in [1.807, 2.05) is 48.5 Å². The van der Waals surface area contributed by atoms with Gasteiger partial charge in [0.05, 0.1) is 10.8 Å². The Morgan fingerprint density at radius 2 is 1.18 bits per heavy atom. The molecule has 0 amide bonds. The molecule has 130 valence electrons. The van der Waals surface area contributed by atoms with Gasteiger partial charge in [-0.15, -0.1) is 0 Å². The predicted octanol–water partition coefficient (Wildman–Crippen LogP) is 4.36. The molecule has 0 aliphatic carbocycles. The Morgan fingerprint density at radius 3 is 1.55 bits per heavy atom. The fourth-order valence-electron chi connectivity index (χ4n) is 1.82. The Kier molecular flexibility index (Phi) is 7.60. The molecule has 0 spiro atoms. The van der Waals surface area contributed by atoms with Gasteiger partial charge in [0, 0.05) is 6.42 Å². The average Bonchev–Trinajstić information content (AvgIpc) is 2.24. The van der Waals surface area contributed by atoms with Crippen LogP contribution in [0.3, 0.4) is 0 Å². The maximum atomic E-state index is 12.1. The summed E-state index contributed by atoms with van der Waals surface area (Å²) in [6.45, 7) is 17.0. The molecular weight excluding hydrogens is 280 g/mol. The van der Waals surface area contributed by atoms with Gasteiger partial charge in [-0.25, -0.2) is 0 Å². The molecule has 0 bridgehead atoms. The first-order valence-corrected chi connectivity index (χ1v) is 8.15. The van der Waals surface area contributed by atoms with Crippen molar-refractivity contribution in [2.45, 2.75) is 87.4 Å². The van der Waals surface area contributed by atoms with Crippen molar-refractivity contribution >= 4 is 11.9 Å². The first kappa shape index (κ1) is 20.9. The highest BCUT2D eigenvalue weighted by atomic mass is 16.6. The van der Waals surface area contributed by atoms with Crippen LogP contribution >= 0.6 is 0 Å². The number of hydrogen-bond acceptors (Lipinski definition) is 4. The number of ether oxygens (including phenoxy) is 2. The lowest BCUT2D eigenvalue weighted by atomic mass is 9.96. The summed E-state index contributed by atoms with van der Waals surface area (Å²) in [4.78, 5) is 24.0. The second-order valence-corrected chi connectivity index (χ2v) is 8.61. The molecule has 0 aliphatic rings. The van der Waals surface area contributed by atoms with Crippen molar-refractivity contribution in [2.24, 2.45) is 16.7 Å². The van der Waals surface area contributed by atoms with E-state index >= 15 is 0 Å². The number of hydrogen-bond donors (Lipinski definition) is 0. The first-order chi connectivity index (χ1) is 9.73. The van der Waals surface area contributed by atoms with Gasteiger partial charge >= 0.3 is 11.9 Å². The number of esters is 2. The fourth-order valence-corrected chi connectivity index (χ4v) is 1.82. The Balaban J connectivity index is 4.72. The monoisotopic (exact) mass is 314 g/mol. The van der Waals surface area contributed by atoms with Crippen molar-refractivity contribution in [3.63, 3.8) is 0 Å². The minimum Gasteiger partial charge on any atom is -0.462 e.